The van der Waals surface area contributed by atoms with E-state index in [2.05, 4.69) is 5.32 Å². The lowest BCUT2D eigenvalue weighted by molar-refractivity contribution is -0.138. The van der Waals surface area contributed by atoms with Gasteiger partial charge in [-0.3, -0.25) is 9.59 Å². The van der Waals surface area contributed by atoms with E-state index >= 15 is 0 Å². The molecule has 2 aliphatic rings. The van der Waals surface area contributed by atoms with Crippen molar-refractivity contribution >= 4 is 23.4 Å². The Morgan fingerprint density at radius 1 is 1.53 bits per heavy atom. The van der Waals surface area contributed by atoms with Crippen LogP contribution in [0.25, 0.3) is 0 Å². The minimum Gasteiger partial charge on any atom is -0.342 e. The molecule has 2 amide bonds. The Labute approximate surface area is 106 Å². The molecule has 1 atom stereocenters. The summed E-state index contributed by atoms with van der Waals surface area (Å²) in [6, 6.07) is 0. The van der Waals surface area contributed by atoms with Gasteiger partial charge in [0.1, 0.15) is 5.54 Å². The highest BCUT2D eigenvalue weighted by atomic mass is 35.5. The van der Waals surface area contributed by atoms with Crippen molar-refractivity contribution < 1.29 is 9.59 Å². The number of rotatable bonds is 3. The van der Waals surface area contributed by atoms with Crippen LogP contribution in [0.2, 0.25) is 0 Å². The van der Waals surface area contributed by atoms with Crippen LogP contribution in [0.4, 0.5) is 0 Å². The molecule has 17 heavy (non-hydrogen) atoms. The van der Waals surface area contributed by atoms with Gasteiger partial charge < -0.3 is 10.2 Å². The van der Waals surface area contributed by atoms with Crippen LogP contribution in [0.15, 0.2) is 11.6 Å². The molecule has 1 unspecified atom stereocenters. The number of amides is 2. The van der Waals surface area contributed by atoms with Crippen molar-refractivity contribution in [3.63, 3.8) is 0 Å². The zero-order valence-corrected chi connectivity index (χ0v) is 10.7. The molecule has 5 heteroatoms. The van der Waals surface area contributed by atoms with E-state index in [-0.39, 0.29) is 11.8 Å². The molecular formula is C12H17ClN2O2. The first-order chi connectivity index (χ1) is 8.08. The van der Waals surface area contributed by atoms with Crippen molar-refractivity contribution in [3.05, 3.63) is 11.6 Å². The average Bonchev–Trinajstić information content (AvgIpc) is 3.11. The van der Waals surface area contributed by atoms with Crippen LogP contribution >= 0.6 is 11.6 Å². The van der Waals surface area contributed by atoms with Gasteiger partial charge in [-0.25, -0.2) is 0 Å². The number of carbonyl (C=O) groups excluding carboxylic acids is 2. The molecule has 0 aromatic carbocycles. The smallest absolute Gasteiger partial charge is 0.248 e. The van der Waals surface area contributed by atoms with Gasteiger partial charge in [0.15, 0.2) is 0 Å². The highest BCUT2D eigenvalue weighted by molar-refractivity contribution is 6.25. The second kappa shape index (κ2) is 4.69. The molecule has 1 saturated carbocycles. The maximum Gasteiger partial charge on any atom is 0.248 e. The second-order valence-electron chi connectivity index (χ2n) is 4.89. The molecular weight excluding hydrogens is 240 g/mol. The summed E-state index contributed by atoms with van der Waals surface area (Å²) in [6.07, 6.45) is 4.12. The Balaban J connectivity index is 2.19. The van der Waals surface area contributed by atoms with Gasteiger partial charge in [-0.1, -0.05) is 17.7 Å². The zero-order valence-electron chi connectivity index (χ0n) is 9.91. The quantitative estimate of drug-likeness (QED) is 0.826. The standard InChI is InChI=1S/C12H17ClN2O2/c1-12(9-3-4-9)11(17)15(7-2-6-13)8-5-10(16)14-12/h2,6,9H,3-5,7-8H2,1H3,(H,14,16)/b6-2+. The first-order valence-corrected chi connectivity index (χ1v) is 6.37. The van der Waals surface area contributed by atoms with Gasteiger partial charge in [0.25, 0.3) is 0 Å². The molecule has 2 rings (SSSR count). The lowest BCUT2D eigenvalue weighted by Gasteiger charge is -2.31. The van der Waals surface area contributed by atoms with Gasteiger partial charge in [0, 0.05) is 25.0 Å². The van der Waals surface area contributed by atoms with Crippen LogP contribution in [0, 0.1) is 5.92 Å². The van der Waals surface area contributed by atoms with Crippen molar-refractivity contribution in [2.75, 3.05) is 13.1 Å². The van der Waals surface area contributed by atoms with E-state index in [9.17, 15) is 9.59 Å². The molecule has 4 nitrogen and oxygen atoms in total. The van der Waals surface area contributed by atoms with Gasteiger partial charge >= 0.3 is 0 Å². The third-order valence-electron chi connectivity index (χ3n) is 3.55. The first kappa shape index (κ1) is 12.4. The number of hydrogen-bond donors (Lipinski definition) is 1. The SMILES string of the molecule is CC1(C2CC2)NC(=O)CCN(C/C=C/Cl)C1=O. The molecule has 1 aliphatic heterocycles. The van der Waals surface area contributed by atoms with Gasteiger partial charge in [-0.2, -0.15) is 0 Å². The van der Waals surface area contributed by atoms with Crippen LogP contribution < -0.4 is 5.32 Å². The first-order valence-electron chi connectivity index (χ1n) is 5.93. The van der Waals surface area contributed by atoms with E-state index in [1.54, 1.807) is 11.0 Å². The highest BCUT2D eigenvalue weighted by Gasteiger charge is 2.50. The summed E-state index contributed by atoms with van der Waals surface area (Å²) in [5.74, 6) is 0.269. The highest BCUT2D eigenvalue weighted by Crippen LogP contribution is 2.41. The summed E-state index contributed by atoms with van der Waals surface area (Å²) in [7, 11) is 0. The van der Waals surface area contributed by atoms with E-state index in [1.807, 2.05) is 6.92 Å². The minimum atomic E-state index is -0.715. The molecule has 2 fully saturated rings. The number of halogens is 1. The molecule has 1 saturated heterocycles. The topological polar surface area (TPSA) is 49.4 Å². The lowest BCUT2D eigenvalue weighted by atomic mass is 9.94. The maximum atomic E-state index is 12.4. The van der Waals surface area contributed by atoms with Gasteiger partial charge in [-0.05, 0) is 25.7 Å². The number of hydrogen-bond acceptors (Lipinski definition) is 2. The van der Waals surface area contributed by atoms with Crippen LogP contribution in [-0.2, 0) is 9.59 Å². The van der Waals surface area contributed by atoms with E-state index < -0.39 is 5.54 Å². The molecule has 0 radical (unpaired) electrons. The largest absolute Gasteiger partial charge is 0.342 e. The lowest BCUT2D eigenvalue weighted by Crippen LogP contribution is -2.56. The Morgan fingerprint density at radius 2 is 2.24 bits per heavy atom. The fourth-order valence-electron chi connectivity index (χ4n) is 2.35. The molecule has 0 spiro atoms. The van der Waals surface area contributed by atoms with Crippen LogP contribution in [-0.4, -0.2) is 35.3 Å². The van der Waals surface area contributed by atoms with Crippen molar-refractivity contribution in [2.45, 2.75) is 31.7 Å². The Bertz CT molecular complexity index is 366. The maximum absolute atomic E-state index is 12.4. The Hall–Kier alpha value is -1.03. The van der Waals surface area contributed by atoms with Crippen molar-refractivity contribution in [1.82, 2.24) is 10.2 Å². The van der Waals surface area contributed by atoms with Crippen molar-refractivity contribution in [2.24, 2.45) is 5.92 Å². The molecule has 0 bridgehead atoms. The van der Waals surface area contributed by atoms with Gasteiger partial charge in [-0.15, -0.1) is 0 Å². The van der Waals surface area contributed by atoms with E-state index in [0.29, 0.717) is 25.4 Å². The van der Waals surface area contributed by atoms with E-state index in [0.717, 1.165) is 12.8 Å². The summed E-state index contributed by atoms with van der Waals surface area (Å²) in [5, 5.41) is 2.89. The Kier molecular flexibility index (Phi) is 3.43. The Morgan fingerprint density at radius 3 is 2.82 bits per heavy atom. The summed E-state index contributed by atoms with van der Waals surface area (Å²) in [6.45, 7) is 2.78. The predicted molar refractivity (Wildman–Crippen MR) is 65.5 cm³/mol. The summed E-state index contributed by atoms with van der Waals surface area (Å²) in [5.41, 5.74) is 0.690. The monoisotopic (exact) mass is 256 g/mol. The fourth-order valence-corrected chi connectivity index (χ4v) is 2.43. The minimum absolute atomic E-state index is 0.0145. The van der Waals surface area contributed by atoms with E-state index in [1.165, 1.54) is 5.54 Å². The van der Waals surface area contributed by atoms with Gasteiger partial charge in [0.05, 0.1) is 0 Å². The average molecular weight is 257 g/mol. The van der Waals surface area contributed by atoms with Gasteiger partial charge in [0.2, 0.25) is 11.8 Å². The van der Waals surface area contributed by atoms with Crippen LogP contribution in [0.1, 0.15) is 26.2 Å². The van der Waals surface area contributed by atoms with Crippen molar-refractivity contribution in [1.29, 1.82) is 0 Å². The molecule has 1 aliphatic carbocycles. The molecule has 1 N–H and O–H groups in total. The number of nitrogens with zero attached hydrogens (tertiary/aromatic N) is 1. The second-order valence-corrected chi connectivity index (χ2v) is 5.14. The fraction of sp³-hybridized carbons (Fsp3) is 0.667. The molecule has 0 aromatic heterocycles. The van der Waals surface area contributed by atoms with Crippen molar-refractivity contribution in [3.8, 4) is 0 Å². The molecule has 1 heterocycles. The summed E-state index contributed by atoms with van der Waals surface area (Å²) >= 11 is 5.48. The predicted octanol–water partition coefficient (Wildman–Crippen LogP) is 1.26. The van der Waals surface area contributed by atoms with Crippen LogP contribution in [0.5, 0.6) is 0 Å². The number of carbonyl (C=O) groups is 2. The number of nitrogens with one attached hydrogen (secondary N) is 1. The molecule has 94 valence electrons. The van der Waals surface area contributed by atoms with E-state index in [4.69, 9.17) is 11.6 Å². The zero-order chi connectivity index (χ0) is 12.5. The normalized spacial score (nSPS) is 30.6. The third kappa shape index (κ3) is 2.46. The molecule has 0 aromatic rings. The van der Waals surface area contributed by atoms with Crippen LogP contribution in [0.3, 0.4) is 0 Å². The summed E-state index contributed by atoms with van der Waals surface area (Å²) < 4.78 is 0. The third-order valence-corrected chi connectivity index (χ3v) is 3.73. The summed E-state index contributed by atoms with van der Waals surface area (Å²) in [4.78, 5) is 25.8.